The molecule has 0 radical (unpaired) electrons. The number of benzene rings is 2. The molecule has 0 fully saturated rings. The quantitative estimate of drug-likeness (QED) is 0.313. The monoisotopic (exact) mass is 478 g/mol. The first-order valence-electron chi connectivity index (χ1n) is 11.0. The van der Waals surface area contributed by atoms with Crippen molar-refractivity contribution in [2.75, 3.05) is 6.61 Å². The Morgan fingerprint density at radius 1 is 1.06 bits per heavy atom. The fraction of sp³-hybridized carbons (Fsp3) is 0.269. The first-order valence-corrected chi connectivity index (χ1v) is 11.8. The topological polar surface area (TPSA) is 94.7 Å². The lowest BCUT2D eigenvalue weighted by Crippen LogP contribution is -2.26. The normalized spacial score (nSPS) is 12.0. The lowest BCUT2D eigenvalue weighted by atomic mass is 10.1. The highest BCUT2D eigenvalue weighted by Gasteiger charge is 2.18. The summed E-state index contributed by atoms with van der Waals surface area (Å²) in [5, 5.41) is 17.2. The van der Waals surface area contributed by atoms with Crippen LogP contribution in [0.5, 0.6) is 5.75 Å². The van der Waals surface area contributed by atoms with Crippen molar-refractivity contribution in [2.45, 2.75) is 39.9 Å². The second kappa shape index (κ2) is 10.6. The largest absolute Gasteiger partial charge is 0.488 e. The van der Waals surface area contributed by atoms with E-state index in [0.29, 0.717) is 31.4 Å². The number of ether oxygens (including phenoxy) is 2. The number of nitrogens with zero attached hydrogens (tertiary/aromatic N) is 2. The zero-order valence-electron chi connectivity index (χ0n) is 19.3. The molecule has 8 heteroatoms. The highest BCUT2D eigenvalue weighted by molar-refractivity contribution is 7.15. The van der Waals surface area contributed by atoms with E-state index in [1.54, 1.807) is 25.2 Å². The van der Waals surface area contributed by atoms with E-state index < -0.39 is 12.1 Å². The fourth-order valence-electron chi connectivity index (χ4n) is 3.50. The van der Waals surface area contributed by atoms with E-state index in [-0.39, 0.29) is 0 Å². The maximum atomic E-state index is 11.3. The molecule has 34 heavy (non-hydrogen) atoms. The van der Waals surface area contributed by atoms with Gasteiger partial charge in [0.25, 0.3) is 0 Å². The van der Waals surface area contributed by atoms with Gasteiger partial charge in [-0.15, -0.1) is 21.5 Å². The van der Waals surface area contributed by atoms with Crippen LogP contribution in [0.25, 0.3) is 21.9 Å². The van der Waals surface area contributed by atoms with Gasteiger partial charge in [0.2, 0.25) is 11.8 Å². The second-order valence-electron chi connectivity index (χ2n) is 7.84. The Morgan fingerprint density at radius 3 is 2.38 bits per heavy atom. The van der Waals surface area contributed by atoms with E-state index in [9.17, 15) is 9.90 Å². The third-order valence-corrected chi connectivity index (χ3v) is 6.58. The summed E-state index contributed by atoms with van der Waals surface area (Å²) in [5.41, 5.74) is 4.07. The highest BCUT2D eigenvalue weighted by Crippen LogP contribution is 2.33. The number of carboxylic acids is 1. The zero-order chi connectivity index (χ0) is 24.1. The molecule has 1 N–H and O–H groups in total. The summed E-state index contributed by atoms with van der Waals surface area (Å²) in [7, 11) is 0. The van der Waals surface area contributed by atoms with E-state index >= 15 is 0 Å². The van der Waals surface area contributed by atoms with Crippen LogP contribution in [-0.2, 0) is 22.6 Å². The third-order valence-electron chi connectivity index (χ3n) is 5.32. The minimum atomic E-state index is -0.953. The van der Waals surface area contributed by atoms with Crippen molar-refractivity contribution in [1.29, 1.82) is 0 Å². The molecule has 0 saturated carbocycles. The summed E-state index contributed by atoms with van der Waals surface area (Å²) in [4.78, 5) is 13.6. The molecular weight excluding hydrogens is 452 g/mol. The molecule has 0 bridgehead atoms. The number of carbonyl (C=O) groups is 1. The van der Waals surface area contributed by atoms with E-state index in [0.717, 1.165) is 32.2 Å². The maximum Gasteiger partial charge on any atom is 0.333 e. The van der Waals surface area contributed by atoms with Crippen LogP contribution in [0.2, 0.25) is 0 Å². The molecule has 2 aromatic heterocycles. The van der Waals surface area contributed by atoms with E-state index in [4.69, 9.17) is 13.9 Å². The Balaban J connectivity index is 1.38. The van der Waals surface area contributed by atoms with Crippen molar-refractivity contribution < 1.29 is 23.8 Å². The number of thiophene rings is 1. The van der Waals surface area contributed by atoms with Crippen molar-refractivity contribution in [3.8, 4) is 27.6 Å². The first kappa shape index (κ1) is 23.7. The molecule has 2 heterocycles. The molecule has 0 amide bonds. The van der Waals surface area contributed by atoms with Crippen LogP contribution in [0.15, 0.2) is 59.0 Å². The molecule has 176 valence electrons. The molecule has 2 aromatic carbocycles. The molecule has 1 unspecified atom stereocenters. The van der Waals surface area contributed by atoms with Crippen LogP contribution in [0.4, 0.5) is 0 Å². The van der Waals surface area contributed by atoms with Crippen LogP contribution < -0.4 is 4.74 Å². The highest BCUT2D eigenvalue weighted by atomic mass is 32.1. The van der Waals surface area contributed by atoms with E-state index in [2.05, 4.69) is 35.3 Å². The summed E-state index contributed by atoms with van der Waals surface area (Å²) in [5.74, 6) is 0.844. The number of aliphatic carboxylic acids is 1. The van der Waals surface area contributed by atoms with Crippen LogP contribution in [0, 0.1) is 13.8 Å². The van der Waals surface area contributed by atoms with Gasteiger partial charge in [-0.05, 0) is 60.9 Å². The molecule has 4 aromatic rings. The number of hydrogen-bond acceptors (Lipinski definition) is 7. The molecule has 0 saturated heterocycles. The Kier molecular flexibility index (Phi) is 7.40. The Labute approximate surface area is 202 Å². The smallest absolute Gasteiger partial charge is 0.333 e. The molecule has 1 atom stereocenters. The van der Waals surface area contributed by atoms with Gasteiger partial charge in [0.1, 0.15) is 12.4 Å². The first-order chi connectivity index (χ1) is 16.4. The average molecular weight is 479 g/mol. The lowest BCUT2D eigenvalue weighted by Gasteiger charge is -2.13. The zero-order valence-corrected chi connectivity index (χ0v) is 20.1. The average Bonchev–Trinajstić information content (AvgIpc) is 3.43. The Bertz CT molecular complexity index is 1250. The molecule has 4 rings (SSSR count). The SMILES string of the molecule is CCOC(Cc1ccc(OCc2sc(-c3ccc(-c4nnc(C)o4)cc3)cc2C)cc1)C(=O)O. The maximum absolute atomic E-state index is 11.3. The summed E-state index contributed by atoms with van der Waals surface area (Å²) < 4.78 is 16.8. The van der Waals surface area contributed by atoms with Crippen LogP contribution >= 0.6 is 11.3 Å². The summed E-state index contributed by atoms with van der Waals surface area (Å²) in [6.45, 7) is 6.47. The summed E-state index contributed by atoms with van der Waals surface area (Å²) in [6.07, 6.45) is -0.518. The van der Waals surface area contributed by atoms with Gasteiger partial charge in [-0.3, -0.25) is 0 Å². The van der Waals surface area contributed by atoms with E-state index in [1.807, 2.05) is 36.4 Å². The summed E-state index contributed by atoms with van der Waals surface area (Å²) >= 11 is 1.70. The van der Waals surface area contributed by atoms with Gasteiger partial charge in [-0.25, -0.2) is 4.79 Å². The molecular formula is C26H26N2O5S. The van der Waals surface area contributed by atoms with E-state index in [1.165, 1.54) is 5.56 Å². The number of rotatable bonds is 10. The number of carboxylic acid groups (broad SMARTS) is 1. The molecule has 7 nitrogen and oxygen atoms in total. The fourth-order valence-corrected chi connectivity index (χ4v) is 4.59. The molecule has 0 aliphatic rings. The number of aromatic nitrogens is 2. The predicted octanol–water partition coefficient (Wildman–Crippen LogP) is 5.69. The third kappa shape index (κ3) is 5.70. The van der Waals surface area contributed by atoms with Gasteiger partial charge in [0.15, 0.2) is 6.10 Å². The van der Waals surface area contributed by atoms with Gasteiger partial charge in [-0.1, -0.05) is 24.3 Å². The Morgan fingerprint density at radius 2 is 1.76 bits per heavy atom. The van der Waals surface area contributed by atoms with Crippen molar-refractivity contribution in [3.63, 3.8) is 0 Å². The molecule has 0 spiro atoms. The number of hydrogen-bond donors (Lipinski definition) is 1. The minimum absolute atomic E-state index is 0.321. The predicted molar refractivity (Wildman–Crippen MR) is 130 cm³/mol. The van der Waals surface area contributed by atoms with Crippen molar-refractivity contribution >= 4 is 17.3 Å². The van der Waals surface area contributed by atoms with Crippen molar-refractivity contribution in [3.05, 3.63) is 76.5 Å². The van der Waals surface area contributed by atoms with Gasteiger partial charge >= 0.3 is 5.97 Å². The van der Waals surface area contributed by atoms with Crippen LogP contribution in [-0.4, -0.2) is 34.0 Å². The second-order valence-corrected chi connectivity index (χ2v) is 8.98. The van der Waals surface area contributed by atoms with Gasteiger partial charge < -0.3 is 19.0 Å². The lowest BCUT2D eigenvalue weighted by molar-refractivity contribution is -0.149. The van der Waals surface area contributed by atoms with Gasteiger partial charge in [0.05, 0.1) is 0 Å². The minimum Gasteiger partial charge on any atom is -0.488 e. The summed E-state index contributed by atoms with van der Waals surface area (Å²) in [6, 6.07) is 17.7. The number of aryl methyl sites for hydroxylation is 2. The Hall–Kier alpha value is -3.49. The van der Waals surface area contributed by atoms with Gasteiger partial charge in [0, 0.05) is 35.3 Å². The van der Waals surface area contributed by atoms with Crippen LogP contribution in [0.3, 0.4) is 0 Å². The van der Waals surface area contributed by atoms with Gasteiger partial charge in [-0.2, -0.15) is 0 Å². The molecule has 0 aliphatic heterocycles. The molecule has 0 aliphatic carbocycles. The van der Waals surface area contributed by atoms with Crippen LogP contribution in [0.1, 0.15) is 28.8 Å². The standard InChI is InChI=1S/C26H26N2O5S/c1-4-31-22(26(29)30)14-18-5-11-21(12-6-18)32-15-24-16(2)13-23(34-24)19-7-9-20(10-8-19)25-28-27-17(3)33-25/h5-13,22H,4,14-15H2,1-3H3,(H,29,30). The van der Waals surface area contributed by atoms with Crippen molar-refractivity contribution in [2.24, 2.45) is 0 Å². The van der Waals surface area contributed by atoms with Crippen molar-refractivity contribution in [1.82, 2.24) is 10.2 Å².